The van der Waals surface area contributed by atoms with Crippen molar-refractivity contribution in [2.75, 3.05) is 6.61 Å². The number of nitrogens with zero attached hydrogens (tertiary/aromatic N) is 2. The molecular formula is C33H25FN2O4S2. The second-order valence-electron chi connectivity index (χ2n) is 9.40. The van der Waals surface area contributed by atoms with Crippen molar-refractivity contribution in [3.05, 3.63) is 149 Å². The van der Waals surface area contributed by atoms with Crippen molar-refractivity contribution in [1.82, 2.24) is 4.57 Å². The first-order valence-corrected chi connectivity index (χ1v) is 15.0. The Kier molecular flexibility index (Phi) is 7.94. The summed E-state index contributed by atoms with van der Waals surface area (Å²) in [5.41, 5.74) is 2.85. The van der Waals surface area contributed by atoms with E-state index in [1.165, 1.54) is 34.8 Å². The number of carbonyl (C=O) groups excluding carboxylic acids is 1. The number of fused-ring (bicyclic) bond motifs is 1. The molecule has 0 saturated heterocycles. The van der Waals surface area contributed by atoms with E-state index in [2.05, 4.69) is 0 Å². The molecule has 0 amide bonds. The molecule has 210 valence electrons. The molecule has 0 fully saturated rings. The topological polar surface area (TPSA) is 69.9 Å². The van der Waals surface area contributed by atoms with Gasteiger partial charge in [0.1, 0.15) is 24.2 Å². The minimum Gasteiger partial charge on any atom is -0.488 e. The molecule has 0 unspecified atom stereocenters. The standard InChI is InChI=1S/C33H25FN2O4S2/c1-2-39-32(38)28-29(22-9-4-3-5-10-22)35-33-36(30(28)26-13-8-18-41-26)31(37)27(42-33)19-23-11-6-7-12-25(23)40-20-21-14-16-24(34)17-15-21/h3-19,30H,2,20H2,1H3/b27-19-/t30-/m0/s1. The number of ether oxygens (including phenoxy) is 2. The van der Waals surface area contributed by atoms with Gasteiger partial charge in [-0.1, -0.05) is 78.1 Å². The number of thiazole rings is 1. The van der Waals surface area contributed by atoms with Crippen molar-refractivity contribution < 1.29 is 18.7 Å². The van der Waals surface area contributed by atoms with Crippen LogP contribution in [0.2, 0.25) is 0 Å². The molecule has 0 saturated carbocycles. The van der Waals surface area contributed by atoms with Gasteiger partial charge in [0, 0.05) is 16.0 Å². The van der Waals surface area contributed by atoms with E-state index in [0.29, 0.717) is 31.9 Å². The Hall–Kier alpha value is -4.60. The Balaban J connectivity index is 1.49. The van der Waals surface area contributed by atoms with Crippen molar-refractivity contribution in [3.8, 4) is 5.75 Å². The number of halogens is 1. The summed E-state index contributed by atoms with van der Waals surface area (Å²) >= 11 is 2.72. The van der Waals surface area contributed by atoms with E-state index in [9.17, 15) is 14.0 Å². The van der Waals surface area contributed by atoms with Crippen molar-refractivity contribution >= 4 is 40.4 Å². The molecule has 3 aromatic carbocycles. The number of aromatic nitrogens is 1. The number of esters is 1. The zero-order valence-electron chi connectivity index (χ0n) is 22.5. The fourth-order valence-corrected chi connectivity index (χ4v) is 6.59. The molecule has 0 spiro atoms. The van der Waals surface area contributed by atoms with Gasteiger partial charge in [-0.25, -0.2) is 14.2 Å². The SMILES string of the molecule is CCOC(=O)C1=C(c2ccccc2)N=c2s/c(=C\c3ccccc3OCc3ccc(F)cc3)c(=O)n2[C@H]1c1cccs1. The molecule has 2 aromatic heterocycles. The minimum atomic E-state index is -0.692. The van der Waals surface area contributed by atoms with Gasteiger partial charge in [-0.2, -0.15) is 0 Å². The molecule has 9 heteroatoms. The highest BCUT2D eigenvalue weighted by Gasteiger charge is 2.35. The molecule has 6 rings (SSSR count). The molecular weight excluding hydrogens is 572 g/mol. The first-order valence-electron chi connectivity index (χ1n) is 13.3. The van der Waals surface area contributed by atoms with Gasteiger partial charge in [0.15, 0.2) is 4.80 Å². The van der Waals surface area contributed by atoms with Crippen LogP contribution in [-0.2, 0) is 16.1 Å². The molecule has 42 heavy (non-hydrogen) atoms. The lowest BCUT2D eigenvalue weighted by Gasteiger charge is -2.24. The number of benzene rings is 3. The molecule has 0 N–H and O–H groups in total. The van der Waals surface area contributed by atoms with Gasteiger partial charge in [-0.05, 0) is 48.2 Å². The third-order valence-electron chi connectivity index (χ3n) is 6.70. The van der Waals surface area contributed by atoms with Gasteiger partial charge >= 0.3 is 5.97 Å². The zero-order chi connectivity index (χ0) is 29.1. The van der Waals surface area contributed by atoms with Gasteiger partial charge < -0.3 is 9.47 Å². The maximum absolute atomic E-state index is 14.1. The maximum Gasteiger partial charge on any atom is 0.338 e. The van der Waals surface area contributed by atoms with Gasteiger partial charge in [0.25, 0.3) is 5.56 Å². The highest BCUT2D eigenvalue weighted by Crippen LogP contribution is 2.36. The van der Waals surface area contributed by atoms with Crippen LogP contribution in [0.15, 0.2) is 112 Å². The lowest BCUT2D eigenvalue weighted by atomic mass is 9.97. The summed E-state index contributed by atoms with van der Waals surface area (Å²) in [6.45, 7) is 2.19. The summed E-state index contributed by atoms with van der Waals surface area (Å²) < 4.78 is 26.9. The van der Waals surface area contributed by atoms with Crippen molar-refractivity contribution in [3.63, 3.8) is 0 Å². The Labute approximate surface area is 249 Å². The number of carbonyl (C=O) groups is 1. The van der Waals surface area contributed by atoms with E-state index in [0.717, 1.165) is 16.0 Å². The summed E-state index contributed by atoms with van der Waals surface area (Å²) in [5, 5.41) is 1.92. The largest absolute Gasteiger partial charge is 0.488 e. The lowest BCUT2D eigenvalue weighted by Crippen LogP contribution is -2.39. The van der Waals surface area contributed by atoms with Crippen LogP contribution >= 0.6 is 22.7 Å². The summed E-state index contributed by atoms with van der Waals surface area (Å²) in [4.78, 5) is 33.7. The second kappa shape index (κ2) is 12.1. The first-order chi connectivity index (χ1) is 20.5. The average molecular weight is 597 g/mol. The summed E-state index contributed by atoms with van der Waals surface area (Å²) in [5.74, 6) is -0.233. The number of para-hydroxylation sites is 1. The van der Waals surface area contributed by atoms with Gasteiger partial charge in [0.05, 0.1) is 22.4 Å². The highest BCUT2D eigenvalue weighted by atomic mass is 32.1. The lowest BCUT2D eigenvalue weighted by molar-refractivity contribution is -0.138. The maximum atomic E-state index is 14.1. The molecule has 3 heterocycles. The Bertz CT molecular complexity index is 1940. The smallest absolute Gasteiger partial charge is 0.338 e. The highest BCUT2D eigenvalue weighted by molar-refractivity contribution is 7.10. The van der Waals surface area contributed by atoms with E-state index in [1.807, 2.05) is 72.1 Å². The summed E-state index contributed by atoms with van der Waals surface area (Å²) in [7, 11) is 0. The predicted molar refractivity (Wildman–Crippen MR) is 163 cm³/mol. The zero-order valence-corrected chi connectivity index (χ0v) is 24.2. The Morgan fingerprint density at radius 2 is 1.76 bits per heavy atom. The molecule has 0 aliphatic carbocycles. The van der Waals surface area contributed by atoms with E-state index in [1.54, 1.807) is 29.7 Å². The minimum absolute atomic E-state index is 0.195. The van der Waals surface area contributed by atoms with E-state index in [4.69, 9.17) is 14.5 Å². The fourth-order valence-electron chi connectivity index (χ4n) is 4.77. The summed E-state index contributed by atoms with van der Waals surface area (Å²) in [6.07, 6.45) is 1.78. The monoisotopic (exact) mass is 596 g/mol. The second-order valence-corrected chi connectivity index (χ2v) is 11.4. The predicted octanol–water partition coefficient (Wildman–Crippen LogP) is 5.72. The third kappa shape index (κ3) is 5.48. The van der Waals surface area contributed by atoms with Crippen LogP contribution in [0.1, 0.15) is 34.5 Å². The van der Waals surface area contributed by atoms with Crippen LogP contribution in [0, 0.1) is 5.82 Å². The van der Waals surface area contributed by atoms with E-state index < -0.39 is 12.0 Å². The molecule has 6 nitrogen and oxygen atoms in total. The van der Waals surface area contributed by atoms with Crippen molar-refractivity contribution in [2.45, 2.75) is 19.6 Å². The molecule has 0 bridgehead atoms. The summed E-state index contributed by atoms with van der Waals surface area (Å²) in [6, 6.07) is 26.1. The van der Waals surface area contributed by atoms with Crippen LogP contribution in [0.3, 0.4) is 0 Å². The molecule has 1 aliphatic rings. The third-order valence-corrected chi connectivity index (χ3v) is 8.61. The van der Waals surface area contributed by atoms with Crippen LogP contribution in [0.4, 0.5) is 4.39 Å². The van der Waals surface area contributed by atoms with E-state index in [-0.39, 0.29) is 24.6 Å². The van der Waals surface area contributed by atoms with E-state index >= 15 is 0 Å². The number of rotatable bonds is 8. The quantitative estimate of drug-likeness (QED) is 0.215. The van der Waals surface area contributed by atoms with Crippen LogP contribution in [0.25, 0.3) is 11.8 Å². The molecule has 5 aromatic rings. The van der Waals surface area contributed by atoms with Gasteiger partial charge in [-0.3, -0.25) is 9.36 Å². The molecule has 1 atom stereocenters. The Morgan fingerprint density at radius 1 is 1.00 bits per heavy atom. The normalized spacial score (nSPS) is 14.8. The molecule has 1 aliphatic heterocycles. The Morgan fingerprint density at radius 3 is 2.50 bits per heavy atom. The fraction of sp³-hybridized carbons (Fsp3) is 0.121. The first kappa shape index (κ1) is 27.6. The number of hydrogen-bond acceptors (Lipinski definition) is 7. The number of hydrogen-bond donors (Lipinski definition) is 0. The van der Waals surface area contributed by atoms with Crippen molar-refractivity contribution in [1.29, 1.82) is 0 Å². The van der Waals surface area contributed by atoms with Gasteiger partial charge in [0.2, 0.25) is 0 Å². The van der Waals surface area contributed by atoms with Crippen molar-refractivity contribution in [2.24, 2.45) is 4.99 Å². The number of thiophene rings is 1. The van der Waals surface area contributed by atoms with Crippen LogP contribution < -0.4 is 19.6 Å². The average Bonchev–Trinajstić information content (AvgIpc) is 3.65. The molecule has 0 radical (unpaired) electrons. The van der Waals surface area contributed by atoms with Crippen LogP contribution in [0.5, 0.6) is 5.75 Å². The van der Waals surface area contributed by atoms with Gasteiger partial charge in [-0.15, -0.1) is 11.3 Å². The van der Waals surface area contributed by atoms with Crippen LogP contribution in [-0.4, -0.2) is 17.1 Å².